The van der Waals surface area contributed by atoms with Crippen LogP contribution in [-0.4, -0.2) is 13.2 Å². The molecule has 1 saturated carbocycles. The van der Waals surface area contributed by atoms with Crippen molar-refractivity contribution in [1.82, 2.24) is 5.32 Å². The van der Waals surface area contributed by atoms with E-state index in [4.69, 9.17) is 4.74 Å². The zero-order valence-corrected chi connectivity index (χ0v) is 12.9. The fourth-order valence-electron chi connectivity index (χ4n) is 2.85. The third kappa shape index (κ3) is 3.32. The summed E-state index contributed by atoms with van der Waals surface area (Å²) in [6.07, 6.45) is 7.93. The molecule has 0 bridgehead atoms. The SMILES string of the molecule is Brc1cc(C2CCCCN2)ccc1OCC1CCC1. The Balaban J connectivity index is 1.62. The Morgan fingerprint density at radius 2 is 2.05 bits per heavy atom. The molecule has 1 aliphatic carbocycles. The van der Waals surface area contributed by atoms with Crippen LogP contribution >= 0.6 is 15.9 Å². The first-order valence-corrected chi connectivity index (χ1v) is 8.28. The van der Waals surface area contributed by atoms with Crippen LogP contribution in [0.1, 0.15) is 50.1 Å². The summed E-state index contributed by atoms with van der Waals surface area (Å²) < 4.78 is 7.01. The fraction of sp³-hybridized carbons (Fsp3) is 0.625. The van der Waals surface area contributed by atoms with Gasteiger partial charge in [-0.15, -0.1) is 0 Å². The Bertz CT molecular complexity index is 425. The van der Waals surface area contributed by atoms with Crippen molar-refractivity contribution in [2.24, 2.45) is 5.92 Å². The Kier molecular flexibility index (Phi) is 4.44. The minimum Gasteiger partial charge on any atom is -0.492 e. The number of hydrogen-bond donors (Lipinski definition) is 1. The highest BCUT2D eigenvalue weighted by atomic mass is 79.9. The zero-order chi connectivity index (χ0) is 13.1. The van der Waals surface area contributed by atoms with Crippen LogP contribution in [0.25, 0.3) is 0 Å². The highest BCUT2D eigenvalue weighted by Gasteiger charge is 2.19. The van der Waals surface area contributed by atoms with E-state index >= 15 is 0 Å². The largest absolute Gasteiger partial charge is 0.492 e. The lowest BCUT2D eigenvalue weighted by Gasteiger charge is -2.26. The summed E-state index contributed by atoms with van der Waals surface area (Å²) >= 11 is 3.65. The molecule has 3 rings (SSSR count). The second kappa shape index (κ2) is 6.27. The molecule has 104 valence electrons. The smallest absolute Gasteiger partial charge is 0.133 e. The average Bonchev–Trinajstić information content (AvgIpc) is 2.40. The summed E-state index contributed by atoms with van der Waals surface area (Å²) in [7, 11) is 0. The van der Waals surface area contributed by atoms with Crippen molar-refractivity contribution < 1.29 is 4.74 Å². The Morgan fingerprint density at radius 3 is 2.68 bits per heavy atom. The van der Waals surface area contributed by atoms with E-state index in [1.54, 1.807) is 0 Å². The van der Waals surface area contributed by atoms with Crippen molar-refractivity contribution >= 4 is 15.9 Å². The molecule has 3 heteroatoms. The molecule has 2 aliphatic rings. The van der Waals surface area contributed by atoms with Crippen molar-refractivity contribution in [1.29, 1.82) is 0 Å². The predicted molar refractivity (Wildman–Crippen MR) is 81.6 cm³/mol. The second-order valence-electron chi connectivity index (χ2n) is 5.80. The summed E-state index contributed by atoms with van der Waals surface area (Å²) in [6, 6.07) is 7.07. The number of rotatable bonds is 4. The van der Waals surface area contributed by atoms with Gasteiger partial charge in [-0.1, -0.05) is 18.9 Å². The summed E-state index contributed by atoms with van der Waals surface area (Å²) in [5, 5.41) is 3.59. The van der Waals surface area contributed by atoms with Gasteiger partial charge in [-0.25, -0.2) is 0 Å². The van der Waals surface area contributed by atoms with Crippen LogP contribution < -0.4 is 10.1 Å². The first-order chi connectivity index (χ1) is 9.33. The highest BCUT2D eigenvalue weighted by molar-refractivity contribution is 9.10. The van der Waals surface area contributed by atoms with Gasteiger partial charge >= 0.3 is 0 Å². The van der Waals surface area contributed by atoms with Crippen molar-refractivity contribution in [3.63, 3.8) is 0 Å². The van der Waals surface area contributed by atoms with Crippen molar-refractivity contribution in [3.05, 3.63) is 28.2 Å². The maximum Gasteiger partial charge on any atom is 0.133 e. The molecule has 1 unspecified atom stereocenters. The van der Waals surface area contributed by atoms with E-state index in [9.17, 15) is 0 Å². The Labute approximate surface area is 124 Å². The number of nitrogens with one attached hydrogen (secondary N) is 1. The van der Waals surface area contributed by atoms with E-state index in [1.165, 1.54) is 44.1 Å². The van der Waals surface area contributed by atoms with Gasteiger partial charge in [0.05, 0.1) is 11.1 Å². The minimum atomic E-state index is 0.519. The van der Waals surface area contributed by atoms with Gasteiger partial charge in [-0.2, -0.15) is 0 Å². The summed E-state index contributed by atoms with van der Waals surface area (Å²) in [4.78, 5) is 0. The monoisotopic (exact) mass is 323 g/mol. The van der Waals surface area contributed by atoms with Gasteiger partial charge in [0.15, 0.2) is 0 Å². The number of halogens is 1. The molecule has 1 N–H and O–H groups in total. The van der Waals surface area contributed by atoms with Crippen LogP contribution in [0.4, 0.5) is 0 Å². The van der Waals surface area contributed by atoms with Gasteiger partial charge in [0.1, 0.15) is 5.75 Å². The van der Waals surface area contributed by atoms with E-state index in [0.717, 1.165) is 29.3 Å². The number of piperidine rings is 1. The molecule has 1 aromatic rings. The molecule has 1 aliphatic heterocycles. The first kappa shape index (κ1) is 13.4. The Morgan fingerprint density at radius 1 is 1.16 bits per heavy atom. The molecule has 0 aromatic heterocycles. The van der Waals surface area contributed by atoms with Gasteiger partial charge in [0, 0.05) is 6.04 Å². The van der Waals surface area contributed by atoms with Gasteiger partial charge in [0.2, 0.25) is 0 Å². The molecule has 1 aromatic carbocycles. The molecule has 2 nitrogen and oxygen atoms in total. The molecule has 1 atom stereocenters. The second-order valence-corrected chi connectivity index (χ2v) is 6.65. The van der Waals surface area contributed by atoms with Crippen LogP contribution in [-0.2, 0) is 0 Å². The lowest BCUT2D eigenvalue weighted by molar-refractivity contribution is 0.180. The standard InChI is InChI=1S/C16H22BrNO/c17-14-10-13(15-6-1-2-9-18-15)7-8-16(14)19-11-12-4-3-5-12/h7-8,10,12,15,18H,1-6,9,11H2. The number of hydrogen-bond acceptors (Lipinski definition) is 2. The Hall–Kier alpha value is -0.540. The van der Waals surface area contributed by atoms with Crippen molar-refractivity contribution in [2.45, 2.75) is 44.6 Å². The van der Waals surface area contributed by atoms with Gasteiger partial charge in [-0.3, -0.25) is 0 Å². The first-order valence-electron chi connectivity index (χ1n) is 7.48. The lowest BCUT2D eigenvalue weighted by atomic mass is 9.86. The summed E-state index contributed by atoms with van der Waals surface area (Å²) in [6.45, 7) is 2.02. The molecule has 1 heterocycles. The van der Waals surface area contributed by atoms with Crippen LogP contribution in [0.3, 0.4) is 0 Å². The van der Waals surface area contributed by atoms with Crippen LogP contribution in [0, 0.1) is 5.92 Å². The van der Waals surface area contributed by atoms with E-state index in [-0.39, 0.29) is 0 Å². The third-order valence-corrected chi connectivity index (χ3v) is 4.99. The highest BCUT2D eigenvalue weighted by Crippen LogP contribution is 2.33. The number of ether oxygens (including phenoxy) is 1. The van der Waals surface area contributed by atoms with Crippen LogP contribution in [0.15, 0.2) is 22.7 Å². The topological polar surface area (TPSA) is 21.3 Å². The van der Waals surface area contributed by atoms with Crippen LogP contribution in [0.5, 0.6) is 5.75 Å². The molecule has 1 saturated heterocycles. The molecule has 0 spiro atoms. The summed E-state index contributed by atoms with van der Waals surface area (Å²) in [5.41, 5.74) is 1.38. The number of benzene rings is 1. The third-order valence-electron chi connectivity index (χ3n) is 4.37. The lowest BCUT2D eigenvalue weighted by Crippen LogP contribution is -2.26. The molecule has 2 fully saturated rings. The molecular weight excluding hydrogens is 302 g/mol. The molecule has 19 heavy (non-hydrogen) atoms. The minimum absolute atomic E-state index is 0.519. The van der Waals surface area contributed by atoms with Crippen molar-refractivity contribution in [3.8, 4) is 5.75 Å². The van der Waals surface area contributed by atoms with E-state index in [1.807, 2.05) is 0 Å². The quantitative estimate of drug-likeness (QED) is 0.884. The van der Waals surface area contributed by atoms with E-state index in [0.29, 0.717) is 6.04 Å². The maximum atomic E-state index is 5.92. The van der Waals surface area contributed by atoms with Crippen molar-refractivity contribution in [2.75, 3.05) is 13.2 Å². The molecular formula is C16H22BrNO. The molecule has 0 radical (unpaired) electrons. The normalized spacial score (nSPS) is 23.9. The maximum absolute atomic E-state index is 5.92. The predicted octanol–water partition coefficient (Wildman–Crippen LogP) is 4.44. The van der Waals surface area contributed by atoms with Gasteiger partial charge < -0.3 is 10.1 Å². The van der Waals surface area contributed by atoms with Gasteiger partial charge in [-0.05, 0) is 71.8 Å². The van der Waals surface area contributed by atoms with Gasteiger partial charge in [0.25, 0.3) is 0 Å². The summed E-state index contributed by atoms with van der Waals surface area (Å²) in [5.74, 6) is 1.78. The molecule has 0 amide bonds. The van der Waals surface area contributed by atoms with E-state index in [2.05, 4.69) is 39.4 Å². The van der Waals surface area contributed by atoms with Crippen LogP contribution in [0.2, 0.25) is 0 Å². The van der Waals surface area contributed by atoms with E-state index < -0.39 is 0 Å². The zero-order valence-electron chi connectivity index (χ0n) is 11.3. The fourth-order valence-corrected chi connectivity index (χ4v) is 3.37. The average molecular weight is 324 g/mol.